The highest BCUT2D eigenvalue weighted by Crippen LogP contribution is 2.59. The van der Waals surface area contributed by atoms with Gasteiger partial charge in [-0.15, -0.1) is 5.10 Å². The van der Waals surface area contributed by atoms with E-state index in [4.69, 9.17) is 4.74 Å². The number of anilines is 2. The van der Waals surface area contributed by atoms with Gasteiger partial charge in [-0.25, -0.2) is 0 Å². The quantitative estimate of drug-likeness (QED) is 0.209. The molecule has 6 atom stereocenters. The Morgan fingerprint density at radius 2 is 2.07 bits per heavy atom. The fourth-order valence-corrected chi connectivity index (χ4v) is 9.97. The van der Waals surface area contributed by atoms with Gasteiger partial charge in [0.15, 0.2) is 5.60 Å². The maximum atomic E-state index is 16.1. The average Bonchev–Trinajstić information content (AvgIpc) is 3.68. The van der Waals surface area contributed by atoms with E-state index in [1.165, 1.54) is 0 Å². The lowest BCUT2D eigenvalue weighted by atomic mass is 9.82. The molecule has 1 spiro atoms. The van der Waals surface area contributed by atoms with Gasteiger partial charge in [0.1, 0.15) is 0 Å². The van der Waals surface area contributed by atoms with Crippen LogP contribution in [0.2, 0.25) is 18.6 Å². The standard InChI is InChI=1S/C32H41FN6O4Si/c1-20-29(44(2,3)33)28(13-15-39-18-27(37-38-39)24(19-40)21-8-5-4-6-9-21)43-32(20)25-16-23(11-12-26(25)36-31(32)42)35-30(41)22-10-7-14-34-17-22/h4-6,8-9,11-12,16,18,20,22,24,28-29,34,40H,7,10,13-15,17,19H2,1-3H3,(H,35,41)(H,36,42)/t20-,22?,24?,28+,29-,32+/m1/s1. The Labute approximate surface area is 257 Å². The Morgan fingerprint density at radius 1 is 1.27 bits per heavy atom. The highest BCUT2D eigenvalue weighted by Gasteiger charge is 2.65. The number of carbonyl (C=O) groups is 2. The molecule has 3 aliphatic heterocycles. The third-order valence-corrected chi connectivity index (χ3v) is 12.0. The minimum atomic E-state index is -3.32. The van der Waals surface area contributed by atoms with Crippen LogP contribution in [0.15, 0.2) is 54.7 Å². The minimum Gasteiger partial charge on any atom is -0.395 e. The lowest BCUT2D eigenvalue weighted by molar-refractivity contribution is -0.143. The molecular weight excluding hydrogens is 579 g/mol. The van der Waals surface area contributed by atoms with Crippen LogP contribution in [0.25, 0.3) is 0 Å². The smallest absolute Gasteiger partial charge is 0.261 e. The molecule has 0 radical (unpaired) electrons. The second-order valence-electron chi connectivity index (χ2n) is 12.9. The number of aliphatic hydroxyl groups excluding tert-OH is 1. The molecule has 2 saturated heterocycles. The molecule has 2 unspecified atom stereocenters. The van der Waals surface area contributed by atoms with Crippen LogP contribution in [-0.4, -0.2) is 66.1 Å². The molecule has 3 aliphatic rings. The number of hydrogen-bond donors (Lipinski definition) is 4. The van der Waals surface area contributed by atoms with Crippen LogP contribution in [0.3, 0.4) is 0 Å². The molecule has 2 amide bonds. The topological polar surface area (TPSA) is 130 Å². The van der Waals surface area contributed by atoms with Crippen LogP contribution < -0.4 is 16.0 Å². The molecule has 6 rings (SSSR count). The highest BCUT2D eigenvalue weighted by molar-refractivity contribution is 6.72. The number of rotatable bonds is 9. The van der Waals surface area contributed by atoms with Gasteiger partial charge in [-0.05, 0) is 62.7 Å². The highest BCUT2D eigenvalue weighted by atomic mass is 28.4. The van der Waals surface area contributed by atoms with E-state index in [0.717, 1.165) is 24.9 Å². The maximum Gasteiger partial charge on any atom is 0.261 e. The fourth-order valence-electron chi connectivity index (χ4n) is 7.43. The van der Waals surface area contributed by atoms with Crippen molar-refractivity contribution in [3.8, 4) is 0 Å². The van der Waals surface area contributed by atoms with E-state index in [-0.39, 0.29) is 30.3 Å². The zero-order chi connectivity index (χ0) is 31.1. The molecule has 2 aromatic carbocycles. The summed E-state index contributed by atoms with van der Waals surface area (Å²) in [5.41, 5.74) is 1.62. The molecule has 3 aromatic rings. The van der Waals surface area contributed by atoms with Crippen LogP contribution >= 0.6 is 0 Å². The van der Waals surface area contributed by atoms with Crippen molar-refractivity contribution in [2.45, 2.75) is 69.0 Å². The largest absolute Gasteiger partial charge is 0.395 e. The van der Waals surface area contributed by atoms with Gasteiger partial charge < -0.3 is 29.9 Å². The van der Waals surface area contributed by atoms with Gasteiger partial charge in [0.25, 0.3) is 5.91 Å². The lowest BCUT2D eigenvalue weighted by Crippen LogP contribution is -2.42. The number of carbonyl (C=O) groups excluding carboxylic acids is 2. The Hall–Kier alpha value is -3.45. The van der Waals surface area contributed by atoms with Crippen LogP contribution in [0.1, 0.15) is 48.9 Å². The number of fused-ring (bicyclic) bond motifs is 2. The predicted octanol–water partition coefficient (Wildman–Crippen LogP) is 4.16. The van der Waals surface area contributed by atoms with E-state index < -0.39 is 31.6 Å². The number of ether oxygens (including phenoxy) is 1. The summed E-state index contributed by atoms with van der Waals surface area (Å²) >= 11 is 0. The third kappa shape index (κ3) is 5.60. The molecule has 12 heteroatoms. The maximum absolute atomic E-state index is 16.1. The van der Waals surface area contributed by atoms with Gasteiger partial charge in [0, 0.05) is 47.7 Å². The number of aliphatic hydroxyl groups is 1. The van der Waals surface area contributed by atoms with E-state index in [1.807, 2.05) is 49.5 Å². The van der Waals surface area contributed by atoms with E-state index >= 15 is 4.11 Å². The molecule has 44 heavy (non-hydrogen) atoms. The van der Waals surface area contributed by atoms with Crippen LogP contribution in [0.4, 0.5) is 15.5 Å². The van der Waals surface area contributed by atoms with Crippen molar-refractivity contribution in [2.75, 3.05) is 30.3 Å². The number of hydrogen-bond acceptors (Lipinski definition) is 7. The van der Waals surface area contributed by atoms with Crippen LogP contribution in [0, 0.1) is 11.8 Å². The number of halogens is 1. The monoisotopic (exact) mass is 620 g/mol. The van der Waals surface area contributed by atoms with Gasteiger partial charge in [-0.1, -0.05) is 42.5 Å². The Balaban J connectivity index is 1.23. The molecule has 234 valence electrons. The molecule has 1 aromatic heterocycles. The summed E-state index contributed by atoms with van der Waals surface area (Å²) in [6, 6.07) is 15.0. The fraction of sp³-hybridized carbons (Fsp3) is 0.500. The number of amides is 2. The van der Waals surface area contributed by atoms with Crippen molar-refractivity contribution in [2.24, 2.45) is 11.8 Å². The van der Waals surface area contributed by atoms with Crippen molar-refractivity contribution in [3.05, 3.63) is 71.5 Å². The summed E-state index contributed by atoms with van der Waals surface area (Å²) in [5, 5.41) is 27.9. The molecule has 10 nitrogen and oxygen atoms in total. The normalized spacial score (nSPS) is 27.2. The summed E-state index contributed by atoms with van der Waals surface area (Å²) in [6.45, 7) is 7.12. The molecular formula is C32H41FN6O4Si. The Kier molecular flexibility index (Phi) is 8.44. The molecule has 0 saturated carbocycles. The van der Waals surface area contributed by atoms with E-state index in [2.05, 4.69) is 26.3 Å². The molecule has 4 heterocycles. The van der Waals surface area contributed by atoms with Crippen molar-refractivity contribution in [3.63, 3.8) is 0 Å². The predicted molar refractivity (Wildman–Crippen MR) is 167 cm³/mol. The summed E-state index contributed by atoms with van der Waals surface area (Å²) in [6.07, 6.45) is 3.49. The lowest BCUT2D eigenvalue weighted by Gasteiger charge is -2.30. The van der Waals surface area contributed by atoms with E-state index in [1.54, 1.807) is 29.9 Å². The third-order valence-electron chi connectivity index (χ3n) is 9.59. The van der Waals surface area contributed by atoms with Gasteiger partial charge in [0.05, 0.1) is 30.2 Å². The van der Waals surface area contributed by atoms with Crippen LogP contribution in [-0.2, 0) is 26.5 Å². The number of piperidine rings is 1. The van der Waals surface area contributed by atoms with Crippen molar-refractivity contribution < 1.29 is 23.5 Å². The number of benzene rings is 2. The first-order valence-corrected chi connectivity index (χ1v) is 18.5. The average molecular weight is 621 g/mol. The second-order valence-corrected chi connectivity index (χ2v) is 16.7. The van der Waals surface area contributed by atoms with Crippen LogP contribution in [0.5, 0.6) is 0 Å². The van der Waals surface area contributed by atoms with Gasteiger partial charge >= 0.3 is 0 Å². The zero-order valence-corrected chi connectivity index (χ0v) is 26.4. The number of nitrogens with one attached hydrogen (secondary N) is 3. The zero-order valence-electron chi connectivity index (χ0n) is 25.4. The van der Waals surface area contributed by atoms with E-state index in [9.17, 15) is 14.7 Å². The van der Waals surface area contributed by atoms with Gasteiger partial charge in [-0.2, -0.15) is 0 Å². The van der Waals surface area contributed by atoms with Crippen molar-refractivity contribution in [1.82, 2.24) is 20.3 Å². The Morgan fingerprint density at radius 3 is 2.77 bits per heavy atom. The number of aromatic nitrogens is 3. The number of aryl methyl sites for hydroxylation is 1. The molecule has 4 N–H and O–H groups in total. The van der Waals surface area contributed by atoms with E-state index in [0.29, 0.717) is 42.1 Å². The molecule has 0 bridgehead atoms. The minimum absolute atomic E-state index is 0.0557. The summed E-state index contributed by atoms with van der Waals surface area (Å²) < 4.78 is 24.5. The van der Waals surface area contributed by atoms with Gasteiger partial charge in [-0.3, -0.25) is 14.3 Å². The second kappa shape index (κ2) is 12.1. The van der Waals surface area contributed by atoms with Crippen molar-refractivity contribution >= 4 is 31.6 Å². The summed E-state index contributed by atoms with van der Waals surface area (Å²) in [4.78, 5) is 26.7. The number of nitrogens with zero attached hydrogens (tertiary/aromatic N) is 3. The van der Waals surface area contributed by atoms with Crippen molar-refractivity contribution in [1.29, 1.82) is 0 Å². The first kappa shape index (κ1) is 30.6. The SMILES string of the molecule is C[C@@H]1[C@@H]([Si](C)(C)F)[C@H](CCn2cc(C(CO)c3ccccc3)nn2)O[C@@]12C(=O)Nc1ccc(NC(=O)C3CCCNC3)cc12. The molecule has 2 fully saturated rings. The Bertz CT molecular complexity index is 1510. The first-order chi connectivity index (χ1) is 21.1. The first-order valence-electron chi connectivity index (χ1n) is 15.5. The van der Waals surface area contributed by atoms with Gasteiger partial charge in [0.2, 0.25) is 14.3 Å². The summed E-state index contributed by atoms with van der Waals surface area (Å²) in [7, 11) is -3.32. The summed E-state index contributed by atoms with van der Waals surface area (Å²) in [5.74, 6) is -1.21. The molecule has 0 aliphatic carbocycles.